The molecule has 0 spiro atoms. The van der Waals surface area contributed by atoms with E-state index >= 15 is 0 Å². The molecule has 9 heavy (non-hydrogen) atoms. The van der Waals surface area contributed by atoms with E-state index in [2.05, 4.69) is 6.26 Å². The summed E-state index contributed by atoms with van der Waals surface area (Å²) >= 11 is 0. The summed E-state index contributed by atoms with van der Waals surface area (Å²) in [6.07, 6.45) is 6.42. The largest absolute Gasteiger partial charge is 0.482 e. The highest BCUT2D eigenvalue weighted by Gasteiger charge is 2.00. The molecule has 1 aromatic heterocycles. The van der Waals surface area contributed by atoms with E-state index in [1.807, 2.05) is 22.9 Å². The summed E-state index contributed by atoms with van der Waals surface area (Å²) in [4.78, 5) is 0. The molecule has 2 rings (SSSR count). The number of hydrogen-bond donors (Lipinski definition) is 0. The average Bonchev–Trinajstić information content (AvgIpc) is 2.33. The molecule has 45 valence electrons. The lowest BCUT2D eigenvalue weighted by atomic mass is 10.4. The third kappa shape index (κ3) is 0.633. The second-order valence-corrected chi connectivity index (χ2v) is 1.94. The van der Waals surface area contributed by atoms with Crippen LogP contribution in [-0.2, 0) is 11.3 Å². The third-order valence-corrected chi connectivity index (χ3v) is 1.36. The first-order valence-electron chi connectivity index (χ1n) is 2.83. The lowest BCUT2D eigenvalue weighted by Crippen LogP contribution is -1.99. The molecule has 0 aliphatic carbocycles. The first-order chi connectivity index (χ1) is 4.47. The number of rotatable bonds is 0. The molecule has 0 bridgehead atoms. The number of hydrogen-bond acceptors (Lipinski definition) is 1. The van der Waals surface area contributed by atoms with Gasteiger partial charge in [-0.15, -0.1) is 0 Å². The Balaban J connectivity index is 2.53. The van der Waals surface area contributed by atoms with Crippen molar-refractivity contribution in [3.8, 4) is 0 Å². The molecule has 1 radical (unpaired) electrons. The lowest BCUT2D eigenvalue weighted by Gasteiger charge is -2.07. The summed E-state index contributed by atoms with van der Waals surface area (Å²) < 4.78 is 6.92. The van der Waals surface area contributed by atoms with Crippen LogP contribution < -0.4 is 0 Å². The van der Waals surface area contributed by atoms with Crippen LogP contribution in [0.1, 0.15) is 5.69 Å². The van der Waals surface area contributed by atoms with Crippen molar-refractivity contribution < 1.29 is 4.74 Å². The van der Waals surface area contributed by atoms with Crippen LogP contribution in [0.15, 0.2) is 18.3 Å². The molecule has 0 aromatic carbocycles. The van der Waals surface area contributed by atoms with Crippen molar-refractivity contribution in [3.05, 3.63) is 30.3 Å². The first kappa shape index (κ1) is 4.68. The molecule has 0 amide bonds. The van der Waals surface area contributed by atoms with Crippen molar-refractivity contribution >= 4 is 6.20 Å². The molecular weight excluding hydrogens is 114 g/mol. The lowest BCUT2D eigenvalue weighted by molar-refractivity contribution is 0.204. The summed E-state index contributed by atoms with van der Waals surface area (Å²) in [5.74, 6) is 0. The maximum Gasteiger partial charge on any atom is 0.179 e. The molecule has 1 aliphatic rings. The van der Waals surface area contributed by atoms with Gasteiger partial charge < -0.3 is 9.30 Å². The zero-order valence-corrected chi connectivity index (χ0v) is 4.87. The molecule has 0 atom stereocenters. The quantitative estimate of drug-likeness (QED) is 0.502. The van der Waals surface area contributed by atoms with Gasteiger partial charge in [0.2, 0.25) is 0 Å². The van der Waals surface area contributed by atoms with Gasteiger partial charge in [-0.05, 0) is 12.1 Å². The number of fused-ring (bicyclic) bond motifs is 1. The monoisotopic (exact) mass is 120 g/mol. The Kier molecular flexibility index (Phi) is 0.859. The zero-order valence-electron chi connectivity index (χ0n) is 4.87. The van der Waals surface area contributed by atoms with Gasteiger partial charge in [0.05, 0.1) is 11.9 Å². The molecule has 2 nitrogen and oxygen atoms in total. The minimum Gasteiger partial charge on any atom is -0.482 e. The fraction of sp³-hybridized carbons (Fsp3) is 0.143. The van der Waals surface area contributed by atoms with Crippen LogP contribution in [0.3, 0.4) is 0 Å². The Morgan fingerprint density at radius 3 is 3.56 bits per heavy atom. The highest BCUT2D eigenvalue weighted by Crippen LogP contribution is 2.08. The van der Waals surface area contributed by atoms with Crippen LogP contribution in [0.2, 0.25) is 0 Å². The van der Waals surface area contributed by atoms with E-state index in [1.54, 1.807) is 6.20 Å². The van der Waals surface area contributed by atoms with Crippen LogP contribution in [0.25, 0.3) is 6.20 Å². The second kappa shape index (κ2) is 1.65. The van der Waals surface area contributed by atoms with Gasteiger partial charge in [-0.25, -0.2) is 0 Å². The predicted octanol–water partition coefficient (Wildman–Crippen LogP) is 1.25. The first-order valence-corrected chi connectivity index (χ1v) is 2.83. The van der Waals surface area contributed by atoms with E-state index in [-0.39, 0.29) is 0 Å². The Hall–Kier alpha value is -1.18. The van der Waals surface area contributed by atoms with E-state index < -0.39 is 0 Å². The molecule has 0 N–H and O–H groups in total. The summed E-state index contributed by atoms with van der Waals surface area (Å²) in [7, 11) is 0. The fourth-order valence-corrected chi connectivity index (χ4v) is 0.887. The van der Waals surface area contributed by atoms with Crippen molar-refractivity contribution in [3.63, 3.8) is 0 Å². The van der Waals surface area contributed by atoms with Gasteiger partial charge in [-0.3, -0.25) is 0 Å². The fourth-order valence-electron chi connectivity index (χ4n) is 0.887. The molecule has 0 unspecified atom stereocenters. The second-order valence-electron chi connectivity index (χ2n) is 1.94. The molecule has 0 fully saturated rings. The van der Waals surface area contributed by atoms with Crippen molar-refractivity contribution in [2.45, 2.75) is 6.61 Å². The van der Waals surface area contributed by atoms with E-state index in [0.29, 0.717) is 6.61 Å². The van der Waals surface area contributed by atoms with Gasteiger partial charge in [0.15, 0.2) is 6.26 Å². The number of aromatic nitrogens is 1. The van der Waals surface area contributed by atoms with Gasteiger partial charge >= 0.3 is 0 Å². The van der Waals surface area contributed by atoms with E-state index in [1.165, 1.54) is 5.69 Å². The SMILES string of the molecule is [C]1=Cn2cccc2CO1. The van der Waals surface area contributed by atoms with Crippen LogP contribution in [0, 0.1) is 6.26 Å². The Bertz CT molecular complexity index is 237. The highest BCUT2D eigenvalue weighted by atomic mass is 16.5. The van der Waals surface area contributed by atoms with Crippen molar-refractivity contribution in [1.82, 2.24) is 4.57 Å². The molecule has 0 saturated carbocycles. The van der Waals surface area contributed by atoms with E-state index in [0.717, 1.165) is 0 Å². The van der Waals surface area contributed by atoms with Gasteiger partial charge in [0.25, 0.3) is 0 Å². The summed E-state index contributed by atoms with van der Waals surface area (Å²) in [6, 6.07) is 4.01. The zero-order chi connectivity index (χ0) is 6.10. The molecule has 1 aromatic rings. The van der Waals surface area contributed by atoms with Crippen molar-refractivity contribution in [2.75, 3.05) is 0 Å². The standard InChI is InChI=1S/C7H6NO/c1-2-7-6-9-5-4-8(7)3-1/h1-4H,6H2. The minimum absolute atomic E-state index is 0.642. The van der Waals surface area contributed by atoms with Gasteiger partial charge in [-0.2, -0.15) is 0 Å². The molecule has 1 aliphatic heterocycles. The van der Waals surface area contributed by atoms with Crippen LogP contribution in [0.4, 0.5) is 0 Å². The molecule has 0 saturated heterocycles. The number of nitrogens with zero attached hydrogens (tertiary/aromatic N) is 1. The van der Waals surface area contributed by atoms with Crippen LogP contribution >= 0.6 is 0 Å². The smallest absolute Gasteiger partial charge is 0.179 e. The average molecular weight is 120 g/mol. The van der Waals surface area contributed by atoms with Crippen LogP contribution in [0.5, 0.6) is 0 Å². The van der Waals surface area contributed by atoms with Crippen molar-refractivity contribution in [2.24, 2.45) is 0 Å². The Labute approximate surface area is 53.4 Å². The normalized spacial score (nSPS) is 14.7. The van der Waals surface area contributed by atoms with Gasteiger partial charge in [-0.1, -0.05) is 0 Å². The third-order valence-electron chi connectivity index (χ3n) is 1.36. The number of ether oxygens (including phenoxy) is 1. The Morgan fingerprint density at radius 2 is 2.67 bits per heavy atom. The molecular formula is C7H6NO. The molecule has 2 heterocycles. The minimum atomic E-state index is 0.642. The predicted molar refractivity (Wildman–Crippen MR) is 33.2 cm³/mol. The summed E-state index contributed by atoms with van der Waals surface area (Å²) in [6.45, 7) is 0.642. The van der Waals surface area contributed by atoms with Gasteiger partial charge in [0.1, 0.15) is 6.61 Å². The van der Waals surface area contributed by atoms with Gasteiger partial charge in [0, 0.05) is 6.20 Å². The maximum absolute atomic E-state index is 4.93. The summed E-state index contributed by atoms with van der Waals surface area (Å²) in [5, 5.41) is 0. The highest BCUT2D eigenvalue weighted by molar-refractivity contribution is 5.26. The van der Waals surface area contributed by atoms with Crippen LogP contribution in [-0.4, -0.2) is 4.57 Å². The van der Waals surface area contributed by atoms with Crippen molar-refractivity contribution in [1.29, 1.82) is 0 Å². The Morgan fingerprint density at radius 1 is 1.67 bits per heavy atom. The van der Waals surface area contributed by atoms with E-state index in [4.69, 9.17) is 4.74 Å². The topological polar surface area (TPSA) is 14.2 Å². The molecule has 2 heteroatoms. The summed E-state index contributed by atoms with van der Waals surface area (Å²) in [5.41, 5.74) is 1.17. The maximum atomic E-state index is 4.93. The van der Waals surface area contributed by atoms with E-state index in [9.17, 15) is 0 Å².